The molecule has 1 aliphatic heterocycles. The van der Waals surface area contributed by atoms with E-state index in [0.29, 0.717) is 0 Å². The van der Waals surface area contributed by atoms with E-state index in [-0.39, 0.29) is 0 Å². The average molecular weight is 413 g/mol. The lowest BCUT2D eigenvalue weighted by molar-refractivity contribution is 0.209. The van der Waals surface area contributed by atoms with Gasteiger partial charge in [0.1, 0.15) is 5.82 Å². The van der Waals surface area contributed by atoms with Crippen LogP contribution in [0.4, 0.5) is 5.82 Å². The van der Waals surface area contributed by atoms with Crippen LogP contribution in [-0.4, -0.2) is 42.1 Å². The van der Waals surface area contributed by atoms with Crippen LogP contribution in [0.5, 0.6) is 11.5 Å². The van der Waals surface area contributed by atoms with Crippen LogP contribution in [0.3, 0.4) is 0 Å². The Morgan fingerprint density at radius 1 is 1.10 bits per heavy atom. The molecular formula is C22H25ClN4O2. The highest BCUT2D eigenvalue weighted by Crippen LogP contribution is 2.34. The number of hydrogen-bond donors (Lipinski definition) is 1. The first-order chi connectivity index (χ1) is 14.1. The number of benzene rings is 2. The van der Waals surface area contributed by atoms with Gasteiger partial charge in [0.2, 0.25) is 0 Å². The minimum absolute atomic E-state index is 0.731. The molecule has 2 heterocycles. The summed E-state index contributed by atoms with van der Waals surface area (Å²) in [7, 11) is 3.31. The molecule has 4 rings (SSSR count). The number of methoxy groups -OCH3 is 2. The lowest BCUT2D eigenvalue weighted by Crippen LogP contribution is -2.38. The predicted molar refractivity (Wildman–Crippen MR) is 116 cm³/mol. The maximum atomic E-state index is 6.19. The topological polar surface area (TPSA) is 51.5 Å². The van der Waals surface area contributed by atoms with Crippen molar-refractivity contribution in [3.63, 3.8) is 0 Å². The minimum Gasteiger partial charge on any atom is -0.493 e. The Kier molecular flexibility index (Phi) is 5.65. The van der Waals surface area contributed by atoms with E-state index in [0.717, 1.165) is 65.5 Å². The zero-order valence-electron chi connectivity index (χ0n) is 16.9. The van der Waals surface area contributed by atoms with Gasteiger partial charge in [-0.05, 0) is 48.7 Å². The third kappa shape index (κ3) is 4.04. The van der Waals surface area contributed by atoms with Gasteiger partial charge < -0.3 is 14.8 Å². The Hall–Kier alpha value is -2.70. The molecule has 2 aromatic carbocycles. The van der Waals surface area contributed by atoms with E-state index in [1.807, 2.05) is 41.9 Å². The van der Waals surface area contributed by atoms with Crippen molar-refractivity contribution in [2.75, 3.05) is 32.7 Å². The fourth-order valence-corrected chi connectivity index (χ4v) is 3.94. The molecule has 0 aliphatic carbocycles. The maximum absolute atomic E-state index is 6.19. The molecule has 1 aliphatic rings. The molecule has 6 nitrogen and oxygen atoms in total. The second-order valence-corrected chi connectivity index (χ2v) is 7.57. The Labute approximate surface area is 176 Å². The quantitative estimate of drug-likeness (QED) is 0.649. The molecule has 152 valence electrons. The van der Waals surface area contributed by atoms with Crippen molar-refractivity contribution in [2.24, 2.45) is 0 Å². The normalized spacial score (nSPS) is 13.7. The fourth-order valence-electron chi connectivity index (χ4n) is 3.75. The van der Waals surface area contributed by atoms with E-state index in [1.54, 1.807) is 14.2 Å². The van der Waals surface area contributed by atoms with E-state index in [1.165, 1.54) is 5.56 Å². The summed E-state index contributed by atoms with van der Waals surface area (Å²) in [5.74, 6) is 2.56. The number of anilines is 1. The van der Waals surface area contributed by atoms with Crippen LogP contribution in [0.15, 0.2) is 42.5 Å². The van der Waals surface area contributed by atoms with Crippen LogP contribution in [-0.2, 0) is 13.1 Å². The lowest BCUT2D eigenvalue weighted by Gasteiger charge is -2.29. The molecule has 3 aromatic rings. The van der Waals surface area contributed by atoms with Crippen molar-refractivity contribution in [2.45, 2.75) is 20.0 Å². The molecule has 0 saturated carbocycles. The Morgan fingerprint density at radius 3 is 2.69 bits per heavy atom. The number of fused-ring (bicyclic) bond motifs is 1. The molecule has 0 bridgehead atoms. The molecule has 0 atom stereocenters. The smallest absolute Gasteiger partial charge is 0.160 e. The molecule has 7 heteroatoms. The van der Waals surface area contributed by atoms with Crippen molar-refractivity contribution in [1.82, 2.24) is 14.7 Å². The van der Waals surface area contributed by atoms with E-state index < -0.39 is 0 Å². The van der Waals surface area contributed by atoms with Crippen molar-refractivity contribution >= 4 is 17.4 Å². The van der Waals surface area contributed by atoms with Crippen molar-refractivity contribution in [3.8, 4) is 22.6 Å². The average Bonchev–Trinajstić information content (AvgIpc) is 3.06. The minimum atomic E-state index is 0.731. The lowest BCUT2D eigenvalue weighted by atomic mass is 10.1. The molecule has 29 heavy (non-hydrogen) atoms. The zero-order chi connectivity index (χ0) is 20.4. The molecule has 0 unspecified atom stereocenters. The van der Waals surface area contributed by atoms with Gasteiger partial charge in [-0.2, -0.15) is 5.10 Å². The first kappa shape index (κ1) is 19.6. The molecular weight excluding hydrogens is 388 g/mol. The van der Waals surface area contributed by atoms with Gasteiger partial charge in [-0.1, -0.05) is 29.8 Å². The van der Waals surface area contributed by atoms with E-state index in [2.05, 4.69) is 22.3 Å². The van der Waals surface area contributed by atoms with Crippen molar-refractivity contribution in [1.29, 1.82) is 0 Å². The van der Waals surface area contributed by atoms with Gasteiger partial charge >= 0.3 is 0 Å². The summed E-state index contributed by atoms with van der Waals surface area (Å²) >= 11 is 6.19. The van der Waals surface area contributed by atoms with E-state index in [9.17, 15) is 0 Å². The van der Waals surface area contributed by atoms with Gasteiger partial charge in [-0.25, -0.2) is 4.68 Å². The standard InChI is InChI=1S/C22H25ClN4O2/c1-15-21(17-5-4-6-18(23)12-17)22-24-13-26(14-27(22)25-15)10-9-16-7-8-19(28-2)20(11-16)29-3/h4-8,11-12,24H,9-10,13-14H2,1-3H3. The van der Waals surface area contributed by atoms with Crippen LogP contribution in [0.1, 0.15) is 11.3 Å². The number of rotatable bonds is 6. The maximum Gasteiger partial charge on any atom is 0.160 e. The number of aromatic nitrogens is 2. The predicted octanol–water partition coefficient (Wildman–Crippen LogP) is 4.41. The van der Waals surface area contributed by atoms with Gasteiger partial charge in [0.25, 0.3) is 0 Å². The van der Waals surface area contributed by atoms with E-state index in [4.69, 9.17) is 26.2 Å². The van der Waals surface area contributed by atoms with Crippen molar-refractivity contribution < 1.29 is 9.47 Å². The molecule has 0 radical (unpaired) electrons. The Balaban J connectivity index is 1.47. The summed E-state index contributed by atoms with van der Waals surface area (Å²) in [6.45, 7) is 4.47. The summed E-state index contributed by atoms with van der Waals surface area (Å²) in [6.07, 6.45) is 0.915. The van der Waals surface area contributed by atoms with Gasteiger partial charge in [0.15, 0.2) is 11.5 Å². The van der Waals surface area contributed by atoms with Crippen LogP contribution in [0.2, 0.25) is 5.02 Å². The Bertz CT molecular complexity index is 1020. The number of nitrogens with one attached hydrogen (secondary N) is 1. The second-order valence-electron chi connectivity index (χ2n) is 7.13. The highest BCUT2D eigenvalue weighted by molar-refractivity contribution is 6.30. The molecule has 1 aromatic heterocycles. The van der Waals surface area contributed by atoms with Crippen LogP contribution in [0, 0.1) is 6.92 Å². The monoisotopic (exact) mass is 412 g/mol. The first-order valence-corrected chi connectivity index (χ1v) is 9.97. The fraction of sp³-hybridized carbons (Fsp3) is 0.318. The summed E-state index contributed by atoms with van der Waals surface area (Å²) in [6, 6.07) is 14.0. The number of halogens is 1. The zero-order valence-corrected chi connectivity index (χ0v) is 17.7. The largest absolute Gasteiger partial charge is 0.493 e. The molecule has 0 amide bonds. The van der Waals surface area contributed by atoms with Gasteiger partial charge in [-0.15, -0.1) is 0 Å². The van der Waals surface area contributed by atoms with Crippen LogP contribution >= 0.6 is 11.6 Å². The summed E-state index contributed by atoms with van der Waals surface area (Å²) in [5.41, 5.74) is 4.41. The number of nitrogens with zero attached hydrogens (tertiary/aromatic N) is 3. The highest BCUT2D eigenvalue weighted by atomic mass is 35.5. The van der Waals surface area contributed by atoms with Crippen molar-refractivity contribution in [3.05, 3.63) is 58.7 Å². The Morgan fingerprint density at radius 2 is 1.93 bits per heavy atom. The second kappa shape index (κ2) is 8.35. The molecule has 0 spiro atoms. The van der Waals surface area contributed by atoms with Gasteiger partial charge in [-0.3, -0.25) is 4.90 Å². The number of aryl methyl sites for hydroxylation is 1. The first-order valence-electron chi connectivity index (χ1n) is 9.59. The molecule has 0 fully saturated rings. The summed E-state index contributed by atoms with van der Waals surface area (Å²) < 4.78 is 12.8. The van der Waals surface area contributed by atoms with Gasteiger partial charge in [0.05, 0.1) is 33.3 Å². The van der Waals surface area contributed by atoms with Crippen LogP contribution in [0.25, 0.3) is 11.1 Å². The number of hydrogen-bond acceptors (Lipinski definition) is 5. The summed E-state index contributed by atoms with van der Waals surface area (Å²) in [4.78, 5) is 2.33. The third-order valence-electron chi connectivity index (χ3n) is 5.21. The highest BCUT2D eigenvalue weighted by Gasteiger charge is 2.23. The summed E-state index contributed by atoms with van der Waals surface area (Å²) in [5, 5.41) is 9.01. The van der Waals surface area contributed by atoms with Crippen LogP contribution < -0.4 is 14.8 Å². The third-order valence-corrected chi connectivity index (χ3v) is 5.44. The SMILES string of the molecule is COc1ccc(CCN2CNc3c(-c4cccc(Cl)c4)c(C)nn3C2)cc1OC. The number of ether oxygens (including phenoxy) is 2. The van der Waals surface area contributed by atoms with E-state index >= 15 is 0 Å². The van der Waals surface area contributed by atoms with Gasteiger partial charge in [0, 0.05) is 17.1 Å². The molecule has 1 N–H and O–H groups in total. The molecule has 0 saturated heterocycles.